The number of rotatable bonds is 14. The van der Waals surface area contributed by atoms with E-state index in [2.05, 4.69) is 107 Å². The molecule has 5 heteroatoms. The number of hydrogen-bond donors (Lipinski definition) is 2. The molecule has 2 heterocycles. The van der Waals surface area contributed by atoms with Crippen LogP contribution in [0.25, 0.3) is 0 Å². The minimum Gasteiger partial charge on any atom is -0.504 e. The van der Waals surface area contributed by atoms with E-state index in [4.69, 9.17) is 4.74 Å². The molecule has 5 aliphatic rings. The first-order valence-electron chi connectivity index (χ1n) is 19.9. The minimum atomic E-state index is -0.866. The zero-order valence-electron chi connectivity index (χ0n) is 30.0. The Labute approximate surface area is 304 Å². The lowest BCUT2D eigenvalue weighted by Crippen LogP contribution is -2.78. The molecule has 0 unspecified atom stereocenters. The number of aromatic hydroxyl groups is 1. The Balaban J connectivity index is 1.04. The van der Waals surface area contributed by atoms with Gasteiger partial charge in [-0.25, -0.2) is 0 Å². The molecule has 2 saturated carbocycles. The second-order valence-corrected chi connectivity index (χ2v) is 16.4. The molecule has 9 rings (SSSR count). The molecule has 1 saturated heterocycles. The SMILES string of the molecule is Oc1ccc2c3c1O[C@H]1[C@H](N(CCCCCCc4ccccc4)CC(c4ccccc4)c4ccccc4)CC[C@@]4(O)[C@@H](C2)N(CC2CC2)CC[C@]314. The Morgan fingerprint density at radius 1 is 0.784 bits per heavy atom. The number of aryl methyl sites for hydroxylation is 1. The maximum atomic E-state index is 13.2. The fraction of sp³-hybridized carbons (Fsp3) is 0.478. The number of nitrogens with zero attached hydrogens (tertiary/aromatic N) is 2. The third-order valence-corrected chi connectivity index (χ3v) is 13.5. The average molecular weight is 683 g/mol. The maximum absolute atomic E-state index is 13.2. The van der Waals surface area contributed by atoms with Crippen LogP contribution in [0.3, 0.4) is 0 Å². The van der Waals surface area contributed by atoms with Crippen LogP contribution < -0.4 is 4.74 Å². The highest BCUT2D eigenvalue weighted by molar-refractivity contribution is 5.62. The third-order valence-electron chi connectivity index (χ3n) is 13.5. The van der Waals surface area contributed by atoms with Crippen molar-refractivity contribution in [1.82, 2.24) is 9.80 Å². The predicted molar refractivity (Wildman–Crippen MR) is 203 cm³/mol. The summed E-state index contributed by atoms with van der Waals surface area (Å²) >= 11 is 0. The minimum absolute atomic E-state index is 0.0985. The van der Waals surface area contributed by atoms with Crippen molar-refractivity contribution in [3.63, 3.8) is 0 Å². The van der Waals surface area contributed by atoms with Crippen LogP contribution >= 0.6 is 0 Å². The summed E-state index contributed by atoms with van der Waals surface area (Å²) in [6.07, 6.45) is 11.7. The molecule has 0 aromatic heterocycles. The van der Waals surface area contributed by atoms with Gasteiger partial charge in [0, 0.05) is 36.7 Å². The molecule has 2 aliphatic heterocycles. The normalized spacial score (nSPS) is 27.8. The smallest absolute Gasteiger partial charge is 0.165 e. The zero-order valence-corrected chi connectivity index (χ0v) is 30.0. The summed E-state index contributed by atoms with van der Waals surface area (Å²) in [5.41, 5.74) is 5.13. The highest BCUT2D eigenvalue weighted by Crippen LogP contribution is 2.66. The number of likely N-dealkylation sites (tertiary alicyclic amines) is 1. The Morgan fingerprint density at radius 2 is 1.47 bits per heavy atom. The van der Waals surface area contributed by atoms with Gasteiger partial charge in [0.05, 0.1) is 11.0 Å². The zero-order chi connectivity index (χ0) is 34.4. The van der Waals surface area contributed by atoms with Crippen LogP contribution in [-0.2, 0) is 18.3 Å². The molecule has 1 spiro atoms. The maximum Gasteiger partial charge on any atom is 0.165 e. The van der Waals surface area contributed by atoms with Crippen molar-refractivity contribution >= 4 is 0 Å². The fourth-order valence-corrected chi connectivity index (χ4v) is 10.9. The quantitative estimate of drug-likeness (QED) is 0.131. The number of ether oxygens (including phenoxy) is 1. The van der Waals surface area contributed by atoms with E-state index in [9.17, 15) is 10.2 Å². The van der Waals surface area contributed by atoms with E-state index >= 15 is 0 Å². The van der Waals surface area contributed by atoms with Gasteiger partial charge in [0.15, 0.2) is 11.5 Å². The van der Waals surface area contributed by atoms with E-state index in [0.717, 1.165) is 76.2 Å². The summed E-state index contributed by atoms with van der Waals surface area (Å²) < 4.78 is 7.11. The Bertz CT molecular complexity index is 1760. The number of hydrogen-bond acceptors (Lipinski definition) is 5. The van der Waals surface area contributed by atoms with Crippen molar-refractivity contribution in [3.8, 4) is 11.5 Å². The molecular weight excluding hydrogens is 629 g/mol. The number of aliphatic hydroxyl groups is 1. The van der Waals surface area contributed by atoms with Gasteiger partial charge in [-0.3, -0.25) is 9.80 Å². The van der Waals surface area contributed by atoms with Gasteiger partial charge in [-0.1, -0.05) is 110 Å². The summed E-state index contributed by atoms with van der Waals surface area (Å²) in [6, 6.07) is 37.1. The van der Waals surface area contributed by atoms with Crippen molar-refractivity contribution in [1.29, 1.82) is 0 Å². The molecular formula is C46H54N2O3. The standard InChI is InChI=1S/C46H54N2O3/c49-40-24-23-37-30-41-46(50)26-25-39(44-45(46,42(37)43(40)51-44)27-29-48(41)31-34-21-22-34)47(28-13-2-1-6-14-33-15-7-3-8-16-33)32-38(35-17-9-4-10-18-35)36-19-11-5-12-20-36/h3-5,7-12,15-20,23-24,34,38-39,41,44,49-50H,1-2,6,13-14,21-22,25-32H2/t39-,41-,44+,45+,46-/m1/s1. The first-order valence-corrected chi connectivity index (χ1v) is 19.9. The van der Waals surface area contributed by atoms with Gasteiger partial charge in [0.1, 0.15) is 6.10 Å². The molecule has 0 radical (unpaired) electrons. The molecule has 3 fully saturated rings. The number of phenols is 1. The summed E-state index contributed by atoms with van der Waals surface area (Å²) in [5.74, 6) is 1.88. The van der Waals surface area contributed by atoms with Gasteiger partial charge in [-0.2, -0.15) is 0 Å². The van der Waals surface area contributed by atoms with Crippen molar-refractivity contribution in [2.45, 2.75) is 106 Å². The number of piperidine rings is 1. The molecule has 4 aromatic rings. The van der Waals surface area contributed by atoms with Crippen LogP contribution in [0.2, 0.25) is 0 Å². The lowest BCUT2D eigenvalue weighted by molar-refractivity contribution is -0.201. The first kappa shape index (κ1) is 33.2. The van der Waals surface area contributed by atoms with Crippen molar-refractivity contribution in [2.75, 3.05) is 26.2 Å². The number of unbranched alkanes of at least 4 members (excludes halogenated alkanes) is 3. The molecule has 5 atom stereocenters. The molecule has 2 N–H and O–H groups in total. The molecule has 0 amide bonds. The summed E-state index contributed by atoms with van der Waals surface area (Å²) in [7, 11) is 0. The Morgan fingerprint density at radius 3 is 2.18 bits per heavy atom. The van der Waals surface area contributed by atoms with Gasteiger partial charge >= 0.3 is 0 Å². The highest BCUT2D eigenvalue weighted by Gasteiger charge is 2.73. The van der Waals surface area contributed by atoms with Crippen molar-refractivity contribution in [2.24, 2.45) is 5.92 Å². The van der Waals surface area contributed by atoms with Gasteiger partial charge in [-0.05, 0) is 105 Å². The average Bonchev–Trinajstić information content (AvgIpc) is 3.91. The topological polar surface area (TPSA) is 56.2 Å². The Kier molecular flexibility index (Phi) is 8.94. The van der Waals surface area contributed by atoms with E-state index < -0.39 is 11.0 Å². The third kappa shape index (κ3) is 5.90. The van der Waals surface area contributed by atoms with Crippen molar-refractivity contribution < 1.29 is 14.9 Å². The number of benzene rings is 4. The largest absolute Gasteiger partial charge is 0.504 e. The van der Waals surface area contributed by atoms with E-state index in [-0.39, 0.29) is 29.9 Å². The lowest BCUT2D eigenvalue weighted by Gasteiger charge is -2.65. The molecule has 266 valence electrons. The Hall–Kier alpha value is -3.64. The molecule has 4 aromatic carbocycles. The van der Waals surface area contributed by atoms with Crippen molar-refractivity contribution in [3.05, 3.63) is 131 Å². The van der Waals surface area contributed by atoms with E-state index in [1.807, 2.05) is 6.07 Å². The molecule has 3 aliphatic carbocycles. The van der Waals surface area contributed by atoms with E-state index in [1.54, 1.807) is 0 Å². The van der Waals surface area contributed by atoms with E-state index in [1.165, 1.54) is 54.4 Å². The predicted octanol–water partition coefficient (Wildman–Crippen LogP) is 8.26. The lowest BCUT2D eigenvalue weighted by atomic mass is 9.48. The molecule has 5 nitrogen and oxygen atoms in total. The summed E-state index contributed by atoms with van der Waals surface area (Å²) in [6.45, 7) is 3.98. The first-order chi connectivity index (χ1) is 25.0. The summed E-state index contributed by atoms with van der Waals surface area (Å²) in [5, 5.41) is 24.5. The van der Waals surface area contributed by atoms with Crippen LogP contribution in [0.5, 0.6) is 11.5 Å². The second-order valence-electron chi connectivity index (χ2n) is 16.4. The highest BCUT2D eigenvalue weighted by atomic mass is 16.5. The van der Waals surface area contributed by atoms with Crippen LogP contribution in [-0.4, -0.2) is 70.0 Å². The number of phenolic OH excluding ortho intramolecular Hbond substituents is 1. The van der Waals surface area contributed by atoms with Gasteiger partial charge in [0.2, 0.25) is 0 Å². The molecule has 2 bridgehead atoms. The second kappa shape index (κ2) is 13.7. The van der Waals surface area contributed by atoms with Gasteiger partial charge in [-0.15, -0.1) is 0 Å². The van der Waals surface area contributed by atoms with Crippen LogP contribution in [0.1, 0.15) is 91.5 Å². The monoisotopic (exact) mass is 682 g/mol. The van der Waals surface area contributed by atoms with E-state index in [0.29, 0.717) is 5.75 Å². The summed E-state index contributed by atoms with van der Waals surface area (Å²) in [4.78, 5) is 5.39. The molecule has 51 heavy (non-hydrogen) atoms. The van der Waals surface area contributed by atoms with Crippen LogP contribution in [0, 0.1) is 5.92 Å². The van der Waals surface area contributed by atoms with Crippen LogP contribution in [0.4, 0.5) is 0 Å². The van der Waals surface area contributed by atoms with Crippen LogP contribution in [0.15, 0.2) is 103 Å². The van der Waals surface area contributed by atoms with Gasteiger partial charge in [0.25, 0.3) is 0 Å². The fourth-order valence-electron chi connectivity index (χ4n) is 10.9. The van der Waals surface area contributed by atoms with Gasteiger partial charge < -0.3 is 14.9 Å².